The third kappa shape index (κ3) is 3.00. The zero-order valence-electron chi connectivity index (χ0n) is 11.2. The summed E-state index contributed by atoms with van der Waals surface area (Å²) >= 11 is 0. The Morgan fingerprint density at radius 1 is 1.11 bits per heavy atom. The van der Waals surface area contributed by atoms with Crippen LogP contribution in [0.2, 0.25) is 0 Å². The Labute approximate surface area is 108 Å². The third-order valence-electron chi connectivity index (χ3n) is 2.81. The molecule has 2 N–H and O–H groups in total. The van der Waals surface area contributed by atoms with Crippen molar-refractivity contribution in [3.05, 3.63) is 47.7 Å². The highest BCUT2D eigenvalue weighted by Crippen LogP contribution is 2.24. The van der Waals surface area contributed by atoms with Crippen molar-refractivity contribution >= 4 is 0 Å². The number of nitrogens with zero attached hydrogens (tertiary/aromatic N) is 1. The van der Waals surface area contributed by atoms with Gasteiger partial charge in [0.15, 0.2) is 0 Å². The zero-order chi connectivity index (χ0) is 13.1. The second-order valence-electron chi connectivity index (χ2n) is 4.93. The number of nitrogens with two attached hydrogens (primary N) is 1. The van der Waals surface area contributed by atoms with Crippen LogP contribution in [0.4, 0.5) is 0 Å². The van der Waals surface area contributed by atoms with Crippen LogP contribution in [0.5, 0.6) is 0 Å². The Balaban J connectivity index is 2.17. The standard InChI is InChI=1S/C15H20N2O/c1-11(16)14-8-9-15(18-14)13-6-4-12(5-7-13)10-17(2)3/h4-9,11H,10,16H2,1-3H3. The van der Waals surface area contributed by atoms with Crippen molar-refractivity contribution in [3.63, 3.8) is 0 Å². The van der Waals surface area contributed by atoms with Gasteiger partial charge < -0.3 is 15.1 Å². The summed E-state index contributed by atoms with van der Waals surface area (Å²) in [6.07, 6.45) is 0. The highest BCUT2D eigenvalue weighted by molar-refractivity contribution is 5.58. The van der Waals surface area contributed by atoms with Crippen LogP contribution in [0.15, 0.2) is 40.8 Å². The van der Waals surface area contributed by atoms with Crippen molar-refractivity contribution in [1.29, 1.82) is 0 Å². The minimum absolute atomic E-state index is 0.0632. The van der Waals surface area contributed by atoms with Gasteiger partial charge in [0, 0.05) is 12.1 Å². The number of hydrogen-bond acceptors (Lipinski definition) is 3. The fourth-order valence-electron chi connectivity index (χ4n) is 1.89. The molecule has 2 rings (SSSR count). The van der Waals surface area contributed by atoms with Crippen LogP contribution in [-0.4, -0.2) is 19.0 Å². The lowest BCUT2D eigenvalue weighted by molar-refractivity contribution is 0.402. The molecule has 1 unspecified atom stereocenters. The molecule has 96 valence electrons. The number of benzene rings is 1. The lowest BCUT2D eigenvalue weighted by atomic mass is 10.1. The molecule has 3 nitrogen and oxygen atoms in total. The van der Waals surface area contributed by atoms with Gasteiger partial charge in [-0.15, -0.1) is 0 Å². The van der Waals surface area contributed by atoms with E-state index < -0.39 is 0 Å². The van der Waals surface area contributed by atoms with Crippen molar-refractivity contribution in [2.24, 2.45) is 5.73 Å². The molecule has 0 bridgehead atoms. The van der Waals surface area contributed by atoms with Crippen LogP contribution in [-0.2, 0) is 6.54 Å². The Morgan fingerprint density at radius 3 is 2.28 bits per heavy atom. The molecule has 0 aliphatic heterocycles. The molecule has 0 radical (unpaired) electrons. The molecular weight excluding hydrogens is 224 g/mol. The van der Waals surface area contributed by atoms with E-state index in [1.165, 1.54) is 5.56 Å². The Morgan fingerprint density at radius 2 is 1.78 bits per heavy atom. The van der Waals surface area contributed by atoms with Crippen molar-refractivity contribution in [2.75, 3.05) is 14.1 Å². The van der Waals surface area contributed by atoms with Gasteiger partial charge in [0.05, 0.1) is 6.04 Å². The molecule has 0 aliphatic carbocycles. The summed E-state index contributed by atoms with van der Waals surface area (Å²) in [4.78, 5) is 2.15. The fourth-order valence-corrected chi connectivity index (χ4v) is 1.89. The molecular formula is C15H20N2O. The molecule has 3 heteroatoms. The number of furan rings is 1. The van der Waals surface area contributed by atoms with E-state index in [2.05, 4.69) is 43.3 Å². The summed E-state index contributed by atoms with van der Waals surface area (Å²) in [7, 11) is 4.13. The van der Waals surface area contributed by atoms with E-state index in [1.807, 2.05) is 19.1 Å². The van der Waals surface area contributed by atoms with Gasteiger partial charge in [0.2, 0.25) is 0 Å². The second-order valence-corrected chi connectivity index (χ2v) is 4.93. The normalized spacial score (nSPS) is 12.9. The Bertz CT molecular complexity index is 497. The lowest BCUT2D eigenvalue weighted by Gasteiger charge is -2.09. The van der Waals surface area contributed by atoms with Crippen LogP contribution in [0.1, 0.15) is 24.3 Å². The summed E-state index contributed by atoms with van der Waals surface area (Å²) in [6.45, 7) is 2.87. The predicted octanol–water partition coefficient (Wildman–Crippen LogP) is 3.03. The van der Waals surface area contributed by atoms with E-state index in [4.69, 9.17) is 10.2 Å². The van der Waals surface area contributed by atoms with Crippen molar-refractivity contribution in [3.8, 4) is 11.3 Å². The van der Waals surface area contributed by atoms with Gasteiger partial charge in [-0.3, -0.25) is 0 Å². The highest BCUT2D eigenvalue weighted by atomic mass is 16.3. The molecule has 0 saturated carbocycles. The van der Waals surface area contributed by atoms with Crippen LogP contribution < -0.4 is 5.73 Å². The van der Waals surface area contributed by atoms with E-state index in [9.17, 15) is 0 Å². The maximum absolute atomic E-state index is 5.78. The van der Waals surface area contributed by atoms with Crippen LogP contribution in [0.3, 0.4) is 0 Å². The summed E-state index contributed by atoms with van der Waals surface area (Å²) in [5.41, 5.74) is 8.17. The van der Waals surface area contributed by atoms with Gasteiger partial charge in [0.25, 0.3) is 0 Å². The van der Waals surface area contributed by atoms with Gasteiger partial charge >= 0.3 is 0 Å². The van der Waals surface area contributed by atoms with Gasteiger partial charge in [-0.05, 0) is 38.7 Å². The molecule has 1 heterocycles. The quantitative estimate of drug-likeness (QED) is 0.899. The highest BCUT2D eigenvalue weighted by Gasteiger charge is 2.07. The lowest BCUT2D eigenvalue weighted by Crippen LogP contribution is -2.10. The summed E-state index contributed by atoms with van der Waals surface area (Å²) in [5.74, 6) is 1.70. The molecule has 0 fully saturated rings. The molecule has 2 aromatic rings. The first-order valence-electron chi connectivity index (χ1n) is 6.15. The Kier molecular flexibility index (Phi) is 3.84. The minimum Gasteiger partial charge on any atom is -0.459 e. The number of rotatable bonds is 4. The van der Waals surface area contributed by atoms with Gasteiger partial charge in [-0.2, -0.15) is 0 Å². The average molecular weight is 244 g/mol. The van der Waals surface area contributed by atoms with Crippen LogP contribution >= 0.6 is 0 Å². The summed E-state index contributed by atoms with van der Waals surface area (Å²) < 4.78 is 5.72. The molecule has 0 aliphatic rings. The number of hydrogen-bond donors (Lipinski definition) is 1. The zero-order valence-corrected chi connectivity index (χ0v) is 11.2. The van der Waals surface area contributed by atoms with E-state index >= 15 is 0 Å². The molecule has 0 saturated heterocycles. The first-order chi connectivity index (χ1) is 8.56. The first-order valence-corrected chi connectivity index (χ1v) is 6.15. The Hall–Kier alpha value is -1.58. The molecule has 1 aromatic carbocycles. The monoisotopic (exact) mass is 244 g/mol. The van der Waals surface area contributed by atoms with Crippen molar-refractivity contribution < 1.29 is 4.42 Å². The predicted molar refractivity (Wildman–Crippen MR) is 74.1 cm³/mol. The van der Waals surface area contributed by atoms with Gasteiger partial charge in [-0.1, -0.05) is 24.3 Å². The van der Waals surface area contributed by atoms with E-state index in [0.717, 1.165) is 23.6 Å². The summed E-state index contributed by atoms with van der Waals surface area (Å²) in [6, 6.07) is 12.3. The molecule has 1 aromatic heterocycles. The van der Waals surface area contributed by atoms with E-state index in [-0.39, 0.29) is 6.04 Å². The van der Waals surface area contributed by atoms with Crippen LogP contribution in [0, 0.1) is 0 Å². The smallest absolute Gasteiger partial charge is 0.134 e. The third-order valence-corrected chi connectivity index (χ3v) is 2.81. The van der Waals surface area contributed by atoms with Crippen LogP contribution in [0.25, 0.3) is 11.3 Å². The molecule has 1 atom stereocenters. The molecule has 18 heavy (non-hydrogen) atoms. The molecule has 0 amide bonds. The average Bonchev–Trinajstić information content (AvgIpc) is 2.78. The maximum Gasteiger partial charge on any atom is 0.134 e. The van der Waals surface area contributed by atoms with Gasteiger partial charge in [-0.25, -0.2) is 0 Å². The largest absolute Gasteiger partial charge is 0.459 e. The van der Waals surface area contributed by atoms with E-state index in [0.29, 0.717) is 0 Å². The first kappa shape index (κ1) is 12.9. The maximum atomic E-state index is 5.78. The SMILES string of the molecule is CC(N)c1ccc(-c2ccc(CN(C)C)cc2)o1. The minimum atomic E-state index is -0.0632. The van der Waals surface area contributed by atoms with Crippen molar-refractivity contribution in [2.45, 2.75) is 19.5 Å². The topological polar surface area (TPSA) is 42.4 Å². The fraction of sp³-hybridized carbons (Fsp3) is 0.333. The van der Waals surface area contributed by atoms with Crippen molar-refractivity contribution in [1.82, 2.24) is 4.90 Å². The second kappa shape index (κ2) is 5.38. The van der Waals surface area contributed by atoms with E-state index in [1.54, 1.807) is 0 Å². The molecule has 0 spiro atoms. The summed E-state index contributed by atoms with van der Waals surface area (Å²) in [5, 5.41) is 0. The van der Waals surface area contributed by atoms with Gasteiger partial charge in [0.1, 0.15) is 11.5 Å².